The van der Waals surface area contributed by atoms with Gasteiger partial charge in [0, 0.05) is 0 Å². The summed E-state index contributed by atoms with van der Waals surface area (Å²) in [5.74, 6) is -3.07. The molecule has 0 aliphatic carbocycles. The quantitative estimate of drug-likeness (QED) is 0.260. The lowest BCUT2D eigenvalue weighted by Gasteiger charge is -2.13. The number of hydrogen-bond donors (Lipinski definition) is 0. The second-order valence-electron chi connectivity index (χ2n) is 1.89. The maximum atomic E-state index is 12.6. The number of ether oxygens (including phenoxy) is 2. The molecule has 0 saturated heterocycles. The van der Waals surface area contributed by atoms with Crippen molar-refractivity contribution in [1.29, 1.82) is 0 Å². The van der Waals surface area contributed by atoms with Crippen LogP contribution in [-0.2, 0) is 28.4 Å². The first kappa shape index (κ1) is 14.0. The second-order valence-corrected chi connectivity index (χ2v) is 2.70. The number of hydrogen-bond acceptors (Lipinski definition) is 8. The summed E-state index contributed by atoms with van der Waals surface area (Å²) in [6, 6.07) is 0. The molecule has 10 heteroatoms. The number of alkyl halides is 2. The fourth-order valence-corrected chi connectivity index (χ4v) is 0.598. The van der Waals surface area contributed by atoms with Crippen molar-refractivity contribution in [3.8, 4) is 0 Å². The van der Waals surface area contributed by atoms with Crippen molar-refractivity contribution in [1.82, 2.24) is 0 Å². The van der Waals surface area contributed by atoms with Gasteiger partial charge in [0.2, 0.25) is 0 Å². The Kier molecular flexibility index (Phi) is 6.08. The van der Waals surface area contributed by atoms with Gasteiger partial charge in [-0.3, -0.25) is 5.04 Å². The van der Waals surface area contributed by atoms with Crippen molar-refractivity contribution >= 4 is 24.0 Å². The Labute approximate surface area is 86.3 Å². The Hall–Kier alpha value is -0.970. The molecule has 0 aliphatic heterocycles. The van der Waals surface area contributed by atoms with E-state index in [1.807, 2.05) is 0 Å². The van der Waals surface area contributed by atoms with Gasteiger partial charge in [-0.1, -0.05) is 0 Å². The Bertz CT molecular complexity index is 233. The average Bonchev–Trinajstić information content (AvgIpc) is 2.22. The largest absolute Gasteiger partial charge is 0.691 e. The summed E-state index contributed by atoms with van der Waals surface area (Å²) in [7, 11) is 0.984. The number of esters is 2. The molecule has 88 valence electrons. The highest BCUT2D eigenvalue weighted by molar-refractivity contribution is 7.96. The van der Waals surface area contributed by atoms with E-state index in [4.69, 9.17) is 0 Å². The van der Waals surface area contributed by atoms with E-state index < -0.39 is 35.8 Å². The zero-order valence-corrected chi connectivity index (χ0v) is 8.05. The van der Waals surface area contributed by atoms with Crippen LogP contribution in [0, 0.1) is 0 Å². The van der Waals surface area contributed by atoms with Crippen LogP contribution in [0.5, 0.6) is 0 Å². The molecule has 0 rings (SSSR count). The van der Waals surface area contributed by atoms with E-state index >= 15 is 0 Å². The standard InChI is InChI=1S/C5H6F2O7S/c1-11-3(8)2-12-4(9)5(6,7)15-14-13-10/h10H,2H2,1H3/p-1. The molecular formula is C5H5F2O7S-. The smallest absolute Gasteiger partial charge is 0.415 e. The zero-order chi connectivity index (χ0) is 11.9. The number of carbonyl (C=O) groups is 2. The Morgan fingerprint density at radius 1 is 1.47 bits per heavy atom. The first-order chi connectivity index (χ1) is 6.94. The van der Waals surface area contributed by atoms with Crippen LogP contribution in [0.15, 0.2) is 0 Å². The molecule has 0 saturated carbocycles. The van der Waals surface area contributed by atoms with Gasteiger partial charge in [-0.05, 0) is 0 Å². The van der Waals surface area contributed by atoms with Gasteiger partial charge in [0.1, 0.15) is 12.0 Å². The summed E-state index contributed by atoms with van der Waals surface area (Å²) in [4.78, 5) is 21.0. The molecule has 0 radical (unpaired) electrons. The first-order valence-corrected chi connectivity index (χ1v) is 3.94. The molecule has 0 aliphatic rings. The molecule has 0 unspecified atom stereocenters. The minimum absolute atomic E-state index is 0.849. The van der Waals surface area contributed by atoms with Crippen LogP contribution in [0.25, 0.3) is 0 Å². The van der Waals surface area contributed by atoms with Crippen LogP contribution in [0.3, 0.4) is 0 Å². The molecule has 0 spiro atoms. The van der Waals surface area contributed by atoms with Crippen molar-refractivity contribution in [2.75, 3.05) is 13.7 Å². The SMILES string of the molecule is COC(=O)COC(=O)C(F)(F)SOO[O-]. The van der Waals surface area contributed by atoms with Crippen molar-refractivity contribution in [2.24, 2.45) is 0 Å². The molecule has 0 aromatic rings. The first-order valence-electron chi connectivity index (χ1n) is 3.20. The van der Waals surface area contributed by atoms with Gasteiger partial charge in [0.05, 0.1) is 7.11 Å². The van der Waals surface area contributed by atoms with Crippen molar-refractivity contribution in [2.45, 2.75) is 5.25 Å². The van der Waals surface area contributed by atoms with Crippen LogP contribution in [0.2, 0.25) is 0 Å². The number of carbonyl (C=O) groups excluding carboxylic acids is 2. The van der Waals surface area contributed by atoms with E-state index in [9.17, 15) is 23.6 Å². The van der Waals surface area contributed by atoms with Gasteiger partial charge in [-0.2, -0.15) is 13.1 Å². The molecule has 0 heterocycles. The van der Waals surface area contributed by atoms with Gasteiger partial charge >= 0.3 is 17.2 Å². The molecule has 0 N–H and O–H groups in total. The summed E-state index contributed by atoms with van der Waals surface area (Å²) >= 11 is -0.849. The van der Waals surface area contributed by atoms with Gasteiger partial charge in [-0.25, -0.2) is 9.59 Å². The topological polar surface area (TPSA) is 94.1 Å². The van der Waals surface area contributed by atoms with Gasteiger partial charge in [0.25, 0.3) is 0 Å². The molecule has 0 bridgehead atoms. The maximum absolute atomic E-state index is 12.6. The Morgan fingerprint density at radius 2 is 2.07 bits per heavy atom. The number of rotatable bonds is 6. The van der Waals surface area contributed by atoms with E-state index in [-0.39, 0.29) is 0 Å². The Balaban J connectivity index is 4.01. The van der Waals surface area contributed by atoms with Crippen LogP contribution in [-0.4, -0.2) is 30.9 Å². The lowest BCUT2D eigenvalue weighted by molar-refractivity contribution is -0.777. The van der Waals surface area contributed by atoms with E-state index in [2.05, 4.69) is 18.8 Å². The summed E-state index contributed by atoms with van der Waals surface area (Å²) in [5, 5.41) is 7.66. The predicted octanol–water partition coefficient (Wildman–Crippen LogP) is -0.833. The molecule has 0 atom stereocenters. The lowest BCUT2D eigenvalue weighted by Crippen LogP contribution is -2.30. The summed E-state index contributed by atoms with van der Waals surface area (Å²) < 4.78 is 36.2. The minimum atomic E-state index is -4.15. The highest BCUT2D eigenvalue weighted by Gasteiger charge is 2.44. The average molecular weight is 247 g/mol. The third-order valence-corrected chi connectivity index (χ3v) is 1.45. The second kappa shape index (κ2) is 6.50. The van der Waals surface area contributed by atoms with E-state index in [1.165, 1.54) is 0 Å². The van der Waals surface area contributed by atoms with Crippen molar-refractivity contribution in [3.63, 3.8) is 0 Å². The molecule has 7 nitrogen and oxygen atoms in total. The normalized spacial score (nSPS) is 10.9. The number of halogens is 2. The molecule has 0 aromatic heterocycles. The fourth-order valence-electron chi connectivity index (χ4n) is 0.358. The highest BCUT2D eigenvalue weighted by atomic mass is 32.2. The minimum Gasteiger partial charge on any atom is -0.691 e. The molecule has 15 heavy (non-hydrogen) atoms. The molecular weight excluding hydrogens is 242 g/mol. The van der Waals surface area contributed by atoms with Gasteiger partial charge in [-0.15, -0.1) is 0 Å². The lowest BCUT2D eigenvalue weighted by atomic mass is 10.6. The van der Waals surface area contributed by atoms with Crippen LogP contribution in [0.4, 0.5) is 8.78 Å². The van der Waals surface area contributed by atoms with Crippen LogP contribution in [0.1, 0.15) is 0 Å². The van der Waals surface area contributed by atoms with E-state index in [0.717, 1.165) is 7.11 Å². The third kappa shape index (κ3) is 5.47. The monoisotopic (exact) mass is 247 g/mol. The molecule has 0 aromatic carbocycles. The van der Waals surface area contributed by atoms with Crippen molar-refractivity contribution < 1.29 is 42.5 Å². The van der Waals surface area contributed by atoms with Crippen molar-refractivity contribution in [3.05, 3.63) is 0 Å². The summed E-state index contributed by atoms with van der Waals surface area (Å²) in [5.41, 5.74) is 0. The summed E-state index contributed by atoms with van der Waals surface area (Å²) in [6.45, 7) is -0.969. The van der Waals surface area contributed by atoms with Crippen LogP contribution < -0.4 is 5.26 Å². The molecule has 0 amide bonds. The predicted molar refractivity (Wildman–Crippen MR) is 37.7 cm³/mol. The van der Waals surface area contributed by atoms with E-state index in [1.54, 1.807) is 0 Å². The van der Waals surface area contributed by atoms with Gasteiger partial charge < -0.3 is 14.7 Å². The molecule has 0 fully saturated rings. The summed E-state index contributed by atoms with van der Waals surface area (Å²) in [6.07, 6.45) is 0. The van der Waals surface area contributed by atoms with Crippen LogP contribution >= 0.6 is 12.0 Å². The van der Waals surface area contributed by atoms with E-state index in [0.29, 0.717) is 0 Å². The highest BCUT2D eigenvalue weighted by Crippen LogP contribution is 2.30. The fraction of sp³-hybridized carbons (Fsp3) is 0.600. The maximum Gasteiger partial charge on any atom is 0.415 e. The Morgan fingerprint density at radius 3 is 2.53 bits per heavy atom. The zero-order valence-electron chi connectivity index (χ0n) is 7.23. The third-order valence-electron chi connectivity index (χ3n) is 0.953. The van der Waals surface area contributed by atoms with Gasteiger partial charge in [0.15, 0.2) is 6.61 Å². The number of methoxy groups -OCH3 is 1.